The SMILES string of the molecule is CB(Cc1ccc(F)cc1)SOc1cc(-c2nn(C)c3c(C#CC4CCN(CCCCC=O)CC4)cnc(N)c23)ccc1NS(=O)C(F)F.CN[C@H](CC(=O)N1CCCC1C(=O)NCc1ccc(-c2scnc2C)cc1)C(C)(C)C. The Morgan fingerprint density at radius 1 is 1.01 bits per heavy atom. The molecule has 3 aromatic heterocycles. The van der Waals surface area contributed by atoms with Gasteiger partial charge >= 0.3 is 5.76 Å². The smallest absolute Gasteiger partial charge is 0.330 e. The van der Waals surface area contributed by atoms with Crippen molar-refractivity contribution in [3.8, 4) is 39.3 Å². The maximum Gasteiger partial charge on any atom is 0.330 e. The second-order valence-corrected chi connectivity index (χ2v) is 24.5. The molecule has 5 N–H and O–H groups in total. The quantitative estimate of drug-likeness (QED) is 0.0176. The fraction of sp³-hybridized carbons (Fsp3) is 0.448. The van der Waals surface area contributed by atoms with Gasteiger partial charge in [-0.05, 0) is 131 Å². The molecule has 2 unspecified atom stereocenters. The summed E-state index contributed by atoms with van der Waals surface area (Å²) in [6, 6.07) is 18.9. The molecule has 3 aromatic carbocycles. The number of unbranched alkanes of at least 4 members (excludes halogenated alkanes) is 2. The Bertz CT molecular complexity index is 3140. The number of aldehydes is 1. The molecule has 8 rings (SSSR count). The molecule has 0 aliphatic carbocycles. The molecule has 22 heteroatoms. The van der Waals surface area contributed by atoms with Crippen LogP contribution >= 0.6 is 23.2 Å². The third-order valence-corrected chi connectivity index (χ3v) is 16.9. The summed E-state index contributed by atoms with van der Waals surface area (Å²) in [5, 5.41) is 11.6. The zero-order valence-electron chi connectivity index (χ0n) is 46.5. The Balaban J connectivity index is 0.000000256. The summed E-state index contributed by atoms with van der Waals surface area (Å²) < 4.78 is 61.9. The molecule has 0 bridgehead atoms. The van der Waals surface area contributed by atoms with Gasteiger partial charge in [-0.25, -0.2) is 18.6 Å². The molecule has 0 spiro atoms. The number of carbonyl (C=O) groups excluding carboxylic acids is 3. The molecule has 80 heavy (non-hydrogen) atoms. The number of hydrogen-bond donors (Lipinski definition) is 4. The maximum absolute atomic E-state index is 13.4. The van der Waals surface area contributed by atoms with Crippen LogP contribution in [0.4, 0.5) is 24.7 Å². The topological polar surface area (TPSA) is 190 Å². The van der Waals surface area contributed by atoms with Gasteiger partial charge in [0.15, 0.2) is 16.7 Å². The van der Waals surface area contributed by atoms with E-state index in [0.29, 0.717) is 60.0 Å². The van der Waals surface area contributed by atoms with Gasteiger partial charge < -0.3 is 35.1 Å². The monoisotopic (exact) mass is 1150 g/mol. The third kappa shape index (κ3) is 16.7. The zero-order valence-corrected chi connectivity index (χ0v) is 49.0. The van der Waals surface area contributed by atoms with E-state index >= 15 is 0 Å². The molecule has 2 saturated heterocycles. The van der Waals surface area contributed by atoms with E-state index in [2.05, 4.69) is 75.0 Å². The average Bonchev–Trinajstić information content (AvgIpc) is 4.22. The summed E-state index contributed by atoms with van der Waals surface area (Å²) in [6.07, 6.45) is 9.66. The van der Waals surface area contributed by atoms with Crippen molar-refractivity contribution < 1.29 is 35.9 Å². The van der Waals surface area contributed by atoms with Crippen molar-refractivity contribution in [2.75, 3.05) is 43.7 Å². The minimum Gasteiger partial charge on any atom is -0.436 e. The van der Waals surface area contributed by atoms with Crippen LogP contribution < -0.4 is 25.3 Å². The molecule has 2 amide bonds. The largest absolute Gasteiger partial charge is 0.436 e. The maximum atomic E-state index is 13.4. The van der Waals surface area contributed by atoms with Crippen LogP contribution in [0.2, 0.25) is 6.82 Å². The van der Waals surface area contributed by atoms with Gasteiger partial charge in [0.05, 0.1) is 38.2 Å². The predicted octanol–water partition coefficient (Wildman–Crippen LogP) is 10.3. The lowest BCUT2D eigenvalue weighted by Gasteiger charge is -2.32. The number of nitrogens with one attached hydrogen (secondary N) is 3. The summed E-state index contributed by atoms with van der Waals surface area (Å²) in [7, 11) is 1.03. The molecule has 2 aliphatic rings. The number of carbonyl (C=O) groups is 3. The van der Waals surface area contributed by atoms with Crippen molar-refractivity contribution in [1.82, 2.24) is 40.2 Å². The van der Waals surface area contributed by atoms with Crippen molar-refractivity contribution in [2.45, 2.75) is 117 Å². The van der Waals surface area contributed by atoms with Gasteiger partial charge in [0.2, 0.25) is 11.8 Å². The van der Waals surface area contributed by atoms with Crippen LogP contribution in [0.1, 0.15) is 94.5 Å². The number of nitrogens with zero attached hydrogens (tertiary/aromatic N) is 6. The number of hydrogen-bond acceptors (Lipinski definition) is 13. The number of pyridine rings is 1. The minimum absolute atomic E-state index is 0.0221. The molecular weight excluding hydrogens is 1080 g/mol. The van der Waals surface area contributed by atoms with Gasteiger partial charge in [-0.15, -0.1) is 11.3 Å². The molecule has 5 heterocycles. The Labute approximate surface area is 479 Å². The third-order valence-electron chi connectivity index (χ3n) is 14.4. The van der Waals surface area contributed by atoms with Crippen molar-refractivity contribution in [1.29, 1.82) is 0 Å². The Morgan fingerprint density at radius 2 is 1.73 bits per heavy atom. The molecule has 0 radical (unpaired) electrons. The van der Waals surface area contributed by atoms with Crippen LogP contribution in [-0.4, -0.2) is 109 Å². The normalized spacial score (nSPS) is 15.6. The summed E-state index contributed by atoms with van der Waals surface area (Å²) in [5.74, 6) is 3.90. The van der Waals surface area contributed by atoms with Gasteiger partial charge in [0.25, 0.3) is 5.99 Å². The standard InChI is InChI=1S/C34H38BF3N6O3S2.C24H34N4O2S/c1-35(21-24-7-11-27(36)12-8-24)48-47-29-20-25(10-13-28(29)42-49(46)34(37)38)31-30-32(43(2)41-31)26(22-40-33(30)39)9-6-23-14-17-44(18-15-23)16-4-3-5-19-45;1-16-22(31-15-27-16)18-10-8-17(9-11-18)14-26-23(30)19-7-6-12-28(19)21(29)13-20(25-5)24(2,3)4/h7-8,10-13,19-20,22-23,34,42H,3-5,14-18,21H2,1-2H3,(H2,39,40);8-11,15,19-20,25H,6-7,12-14H2,1-5H3,(H,26,30)/t;19?,20-/m.1/s1. The van der Waals surface area contributed by atoms with Crippen LogP contribution in [0.5, 0.6) is 5.75 Å². The summed E-state index contributed by atoms with van der Waals surface area (Å²) in [4.78, 5) is 50.4. The number of thiazole rings is 1. The molecule has 2 fully saturated rings. The Kier molecular flexibility index (Phi) is 22.2. The van der Waals surface area contributed by atoms with Gasteiger partial charge in [-0.3, -0.25) is 19.0 Å². The number of halogens is 3. The van der Waals surface area contributed by atoms with Crippen molar-refractivity contribution in [3.05, 3.63) is 107 Å². The molecule has 3 atom stereocenters. The first-order valence-electron chi connectivity index (χ1n) is 27.0. The summed E-state index contributed by atoms with van der Waals surface area (Å²) in [6.45, 7) is 14.3. The Morgan fingerprint density at radius 3 is 2.39 bits per heavy atom. The van der Waals surface area contributed by atoms with Gasteiger partial charge in [0.1, 0.15) is 29.7 Å². The number of aromatic nitrogens is 4. The highest BCUT2D eigenvalue weighted by Gasteiger charge is 2.36. The first-order valence-corrected chi connectivity index (χ1v) is 29.9. The first kappa shape index (κ1) is 61.4. The van der Waals surface area contributed by atoms with E-state index in [1.54, 1.807) is 58.4 Å². The van der Waals surface area contributed by atoms with Crippen LogP contribution in [-0.2, 0) is 45.3 Å². The number of nitrogens with two attached hydrogens (primary N) is 1. The number of anilines is 2. The lowest BCUT2D eigenvalue weighted by atomic mass is 9.73. The molecule has 0 saturated carbocycles. The van der Waals surface area contributed by atoms with E-state index in [-0.39, 0.29) is 64.3 Å². The molecule has 6 aromatic rings. The number of rotatable bonds is 21. The van der Waals surface area contributed by atoms with E-state index < -0.39 is 16.7 Å². The fourth-order valence-electron chi connectivity index (χ4n) is 9.90. The Hall–Kier alpha value is -6.25. The number of aryl methyl sites for hydroxylation is 2. The van der Waals surface area contributed by atoms with Crippen molar-refractivity contribution >= 4 is 80.7 Å². The molecular formula is C58H72BF3N10O5S3. The van der Waals surface area contributed by atoms with Gasteiger partial charge in [0, 0.05) is 56.7 Å². The number of likely N-dealkylation sites (tertiary alicyclic amines) is 2. The molecule has 2 aliphatic heterocycles. The van der Waals surface area contributed by atoms with E-state index in [4.69, 9.17) is 15.0 Å². The number of nitrogen functional groups attached to an aromatic ring is 1. The van der Waals surface area contributed by atoms with Crippen LogP contribution in [0, 0.1) is 35.9 Å². The van der Waals surface area contributed by atoms with Crippen LogP contribution in [0.3, 0.4) is 0 Å². The van der Waals surface area contributed by atoms with Crippen molar-refractivity contribution in [3.63, 3.8) is 0 Å². The second-order valence-electron chi connectivity index (χ2n) is 21.3. The first-order chi connectivity index (χ1) is 38.3. The van der Waals surface area contributed by atoms with Crippen LogP contribution in [0.25, 0.3) is 32.6 Å². The zero-order chi connectivity index (χ0) is 57.5. The highest BCUT2D eigenvalue weighted by molar-refractivity contribution is 8.22. The minimum atomic E-state index is -3.10. The molecule has 426 valence electrons. The lowest BCUT2D eigenvalue weighted by molar-refractivity contribution is -0.139. The average molecular weight is 1150 g/mol. The number of benzene rings is 3. The summed E-state index contributed by atoms with van der Waals surface area (Å²) >= 11 is 2.74. The highest BCUT2D eigenvalue weighted by Crippen LogP contribution is 2.39. The number of amides is 2. The van der Waals surface area contributed by atoms with E-state index in [9.17, 15) is 31.8 Å². The summed E-state index contributed by atoms with van der Waals surface area (Å²) in [5.41, 5.74) is 15.0. The van der Waals surface area contributed by atoms with E-state index in [1.807, 2.05) is 38.4 Å². The number of piperidine rings is 1. The predicted molar refractivity (Wildman–Crippen MR) is 318 cm³/mol. The second kappa shape index (κ2) is 28.9. The highest BCUT2D eigenvalue weighted by atomic mass is 32.2. The van der Waals surface area contributed by atoms with Gasteiger partial charge in [-0.2, -0.15) is 13.9 Å². The van der Waals surface area contributed by atoms with E-state index in [1.165, 1.54) is 23.1 Å². The number of fused-ring (bicyclic) bond motifs is 1. The van der Waals surface area contributed by atoms with Gasteiger partial charge in [-0.1, -0.05) is 87.5 Å². The lowest BCUT2D eigenvalue weighted by Crippen LogP contribution is -2.49. The molecule has 15 nitrogen and oxygen atoms in total. The van der Waals surface area contributed by atoms with Crippen LogP contribution in [0.15, 0.2) is 78.4 Å². The number of alkyl halides is 2. The van der Waals surface area contributed by atoms with Crippen molar-refractivity contribution in [2.24, 2.45) is 18.4 Å². The van der Waals surface area contributed by atoms with E-state index in [0.717, 1.165) is 98.7 Å². The fourth-order valence-corrected chi connectivity index (χ4v) is 11.9.